The Hall–Kier alpha value is -1.49. The molecule has 26 heavy (non-hydrogen) atoms. The summed E-state index contributed by atoms with van der Waals surface area (Å²) in [6, 6.07) is 5.87. The molecule has 2 aromatic rings. The molecule has 2 N–H and O–H groups in total. The van der Waals surface area contributed by atoms with E-state index in [0.717, 1.165) is 35.5 Å². The van der Waals surface area contributed by atoms with Gasteiger partial charge in [-0.15, -0.1) is 24.0 Å². The van der Waals surface area contributed by atoms with E-state index in [-0.39, 0.29) is 24.0 Å². The average Bonchev–Trinajstić information content (AvgIpc) is 3.14. The van der Waals surface area contributed by atoms with Crippen LogP contribution in [0.1, 0.15) is 12.0 Å². The second-order valence-corrected chi connectivity index (χ2v) is 6.14. The molecule has 144 valence electrons. The topological polar surface area (TPSA) is 72.7 Å². The molecule has 0 aliphatic heterocycles. The highest BCUT2D eigenvalue weighted by atomic mass is 127. The summed E-state index contributed by atoms with van der Waals surface area (Å²) in [6.07, 6.45) is 4.71. The van der Waals surface area contributed by atoms with Crippen LogP contribution < -0.4 is 20.1 Å². The molecule has 0 atom stereocenters. The number of aliphatic imine (C=N–C) groups is 1. The molecule has 0 amide bonds. The average molecular weight is 538 g/mol. The Morgan fingerprint density at radius 2 is 2.08 bits per heavy atom. The van der Waals surface area contributed by atoms with E-state index in [1.165, 1.54) is 0 Å². The summed E-state index contributed by atoms with van der Waals surface area (Å²) in [4.78, 5) is 4.24. The van der Waals surface area contributed by atoms with Crippen molar-refractivity contribution in [3.8, 4) is 11.5 Å². The van der Waals surface area contributed by atoms with Gasteiger partial charge in [-0.3, -0.25) is 9.67 Å². The molecule has 0 saturated heterocycles. The number of ether oxygens (including phenoxy) is 2. The zero-order valence-electron chi connectivity index (χ0n) is 15.2. The van der Waals surface area contributed by atoms with Crippen molar-refractivity contribution < 1.29 is 9.47 Å². The lowest BCUT2D eigenvalue weighted by atomic mass is 10.2. The highest BCUT2D eigenvalue weighted by Crippen LogP contribution is 2.36. The van der Waals surface area contributed by atoms with Crippen molar-refractivity contribution in [2.75, 3.05) is 27.8 Å². The van der Waals surface area contributed by atoms with Crippen LogP contribution in [-0.2, 0) is 13.1 Å². The molecule has 0 unspecified atom stereocenters. The number of guanidine groups is 1. The Balaban J connectivity index is 0.00000338. The fourth-order valence-corrected chi connectivity index (χ4v) is 3.01. The molecule has 0 saturated carbocycles. The van der Waals surface area contributed by atoms with Crippen molar-refractivity contribution in [3.63, 3.8) is 0 Å². The van der Waals surface area contributed by atoms with Gasteiger partial charge in [-0.1, -0.05) is 0 Å². The highest BCUT2D eigenvalue weighted by molar-refractivity contribution is 14.0. The van der Waals surface area contributed by atoms with Crippen LogP contribution >= 0.6 is 39.9 Å². The lowest BCUT2D eigenvalue weighted by Gasteiger charge is -2.14. The monoisotopic (exact) mass is 537 g/mol. The summed E-state index contributed by atoms with van der Waals surface area (Å²) in [5, 5.41) is 10.8. The van der Waals surface area contributed by atoms with Gasteiger partial charge in [0.05, 0.1) is 18.7 Å². The second kappa shape index (κ2) is 12.0. The molecule has 0 fully saturated rings. The van der Waals surface area contributed by atoms with Gasteiger partial charge in [-0.25, -0.2) is 0 Å². The Kier molecular flexibility index (Phi) is 10.4. The van der Waals surface area contributed by atoms with Crippen LogP contribution in [0.2, 0.25) is 0 Å². The maximum absolute atomic E-state index is 5.37. The Labute approximate surface area is 179 Å². The lowest BCUT2D eigenvalue weighted by Crippen LogP contribution is -2.37. The summed E-state index contributed by atoms with van der Waals surface area (Å²) in [6.45, 7) is 2.31. The van der Waals surface area contributed by atoms with E-state index in [9.17, 15) is 0 Å². The molecule has 1 heterocycles. The van der Waals surface area contributed by atoms with E-state index in [2.05, 4.69) is 36.7 Å². The highest BCUT2D eigenvalue weighted by Gasteiger charge is 2.10. The molecule has 1 aromatic carbocycles. The van der Waals surface area contributed by atoms with Crippen LogP contribution in [0.3, 0.4) is 0 Å². The molecule has 0 bridgehead atoms. The minimum atomic E-state index is 0. The summed E-state index contributed by atoms with van der Waals surface area (Å²) in [5.74, 6) is 2.13. The van der Waals surface area contributed by atoms with Gasteiger partial charge in [0.15, 0.2) is 17.5 Å². The first-order chi connectivity index (χ1) is 12.2. The van der Waals surface area contributed by atoms with Gasteiger partial charge >= 0.3 is 0 Å². The van der Waals surface area contributed by atoms with Gasteiger partial charge in [0, 0.05) is 39.1 Å². The zero-order valence-corrected chi connectivity index (χ0v) is 19.1. The molecule has 0 aliphatic carbocycles. The lowest BCUT2D eigenvalue weighted by molar-refractivity contribution is 0.352. The number of aromatic nitrogens is 2. The van der Waals surface area contributed by atoms with Gasteiger partial charge in [-0.2, -0.15) is 5.10 Å². The van der Waals surface area contributed by atoms with Crippen molar-refractivity contribution in [2.45, 2.75) is 19.5 Å². The number of hydrogen-bond acceptors (Lipinski definition) is 4. The molecule has 9 heteroatoms. The summed E-state index contributed by atoms with van der Waals surface area (Å²) in [5.41, 5.74) is 1.06. The third kappa shape index (κ3) is 6.67. The van der Waals surface area contributed by atoms with Crippen LogP contribution in [-0.4, -0.2) is 43.6 Å². The number of benzene rings is 1. The van der Waals surface area contributed by atoms with E-state index in [1.54, 1.807) is 27.5 Å². The standard InChI is InChI=1S/C17H24BrN5O2.HI/c1-19-17(20-6-4-8-23-9-5-7-22-23)21-12-13-10-14(18)16(25-3)15(11-13)24-2;/h5,7,9-11H,4,6,8,12H2,1-3H3,(H2,19,20,21);1H. The number of halogens is 2. The number of hydrogen-bond donors (Lipinski definition) is 2. The summed E-state index contributed by atoms with van der Waals surface area (Å²) < 4.78 is 13.5. The van der Waals surface area contributed by atoms with E-state index in [0.29, 0.717) is 18.0 Å². The smallest absolute Gasteiger partial charge is 0.191 e. The van der Waals surface area contributed by atoms with E-state index in [4.69, 9.17) is 9.47 Å². The quantitative estimate of drug-likeness (QED) is 0.234. The maximum Gasteiger partial charge on any atom is 0.191 e. The van der Waals surface area contributed by atoms with E-state index in [1.807, 2.05) is 29.1 Å². The fourth-order valence-electron chi connectivity index (χ4n) is 2.36. The van der Waals surface area contributed by atoms with Crippen LogP contribution in [0.5, 0.6) is 11.5 Å². The number of aryl methyl sites for hydroxylation is 1. The van der Waals surface area contributed by atoms with Crippen LogP contribution in [0, 0.1) is 0 Å². The maximum atomic E-state index is 5.37. The molecule has 0 spiro atoms. The first kappa shape index (κ1) is 22.6. The molecule has 2 rings (SSSR count). The Bertz CT molecular complexity index is 695. The number of nitrogens with one attached hydrogen (secondary N) is 2. The second-order valence-electron chi connectivity index (χ2n) is 5.29. The van der Waals surface area contributed by atoms with Gasteiger partial charge in [0.2, 0.25) is 0 Å². The predicted octanol–water partition coefficient (Wildman–Crippen LogP) is 3.04. The van der Waals surface area contributed by atoms with Crippen molar-refractivity contribution in [2.24, 2.45) is 4.99 Å². The Morgan fingerprint density at radius 3 is 2.69 bits per heavy atom. The predicted molar refractivity (Wildman–Crippen MR) is 118 cm³/mol. The third-order valence-corrected chi connectivity index (χ3v) is 4.18. The van der Waals surface area contributed by atoms with Gasteiger partial charge < -0.3 is 20.1 Å². The zero-order chi connectivity index (χ0) is 18.1. The van der Waals surface area contributed by atoms with E-state index >= 15 is 0 Å². The van der Waals surface area contributed by atoms with Gasteiger partial charge in [0.1, 0.15) is 0 Å². The van der Waals surface area contributed by atoms with Crippen LogP contribution in [0.15, 0.2) is 40.1 Å². The molecule has 7 nitrogen and oxygen atoms in total. The molecule has 0 aliphatic rings. The van der Waals surface area contributed by atoms with Crippen molar-refractivity contribution in [3.05, 3.63) is 40.6 Å². The van der Waals surface area contributed by atoms with E-state index < -0.39 is 0 Å². The SMILES string of the molecule is CN=C(NCCCn1cccn1)NCc1cc(Br)c(OC)c(OC)c1.I. The molecule has 0 radical (unpaired) electrons. The Morgan fingerprint density at radius 1 is 1.27 bits per heavy atom. The third-order valence-electron chi connectivity index (χ3n) is 3.59. The van der Waals surface area contributed by atoms with Crippen molar-refractivity contribution >= 4 is 45.9 Å². The number of rotatable bonds is 8. The number of nitrogens with zero attached hydrogens (tertiary/aromatic N) is 3. The number of methoxy groups -OCH3 is 2. The molecular weight excluding hydrogens is 513 g/mol. The van der Waals surface area contributed by atoms with Crippen LogP contribution in [0.25, 0.3) is 0 Å². The first-order valence-electron chi connectivity index (χ1n) is 8.00. The molecular formula is C17H25BrIN5O2. The largest absolute Gasteiger partial charge is 0.493 e. The van der Waals surface area contributed by atoms with Gasteiger partial charge in [-0.05, 0) is 46.1 Å². The normalized spacial score (nSPS) is 10.8. The van der Waals surface area contributed by atoms with Crippen LogP contribution in [0.4, 0.5) is 0 Å². The molecule has 1 aromatic heterocycles. The van der Waals surface area contributed by atoms with Crippen molar-refractivity contribution in [1.29, 1.82) is 0 Å². The minimum Gasteiger partial charge on any atom is -0.493 e. The fraction of sp³-hybridized carbons (Fsp3) is 0.412. The van der Waals surface area contributed by atoms with Crippen molar-refractivity contribution in [1.82, 2.24) is 20.4 Å². The van der Waals surface area contributed by atoms with Gasteiger partial charge in [0.25, 0.3) is 0 Å². The summed E-state index contributed by atoms with van der Waals surface area (Å²) >= 11 is 3.51. The summed E-state index contributed by atoms with van der Waals surface area (Å²) in [7, 11) is 5.00. The minimum absolute atomic E-state index is 0. The first-order valence-corrected chi connectivity index (χ1v) is 8.79.